The lowest BCUT2D eigenvalue weighted by Crippen LogP contribution is -2.38. The number of amides is 1. The fourth-order valence-corrected chi connectivity index (χ4v) is 5.23. The number of aryl methyl sites for hydroxylation is 2. The molecular weight excluding hydrogens is 334 g/mol. The maximum absolute atomic E-state index is 12.3. The molecule has 2 aliphatic carbocycles. The van der Waals surface area contributed by atoms with E-state index >= 15 is 0 Å². The van der Waals surface area contributed by atoms with Gasteiger partial charge >= 0.3 is 0 Å². The molecule has 2 aliphatic rings. The van der Waals surface area contributed by atoms with Gasteiger partial charge in [-0.25, -0.2) is 9.97 Å². The summed E-state index contributed by atoms with van der Waals surface area (Å²) in [6, 6.07) is 0.298. The van der Waals surface area contributed by atoms with Crippen LogP contribution in [0.15, 0.2) is 6.33 Å². The molecule has 0 aromatic carbocycles. The predicted molar refractivity (Wildman–Crippen MR) is 99.2 cm³/mol. The Morgan fingerprint density at radius 2 is 1.92 bits per heavy atom. The van der Waals surface area contributed by atoms with Crippen LogP contribution in [0.25, 0.3) is 10.2 Å². The molecule has 4 rings (SSSR count). The second-order valence-electron chi connectivity index (χ2n) is 7.11. The van der Waals surface area contributed by atoms with Crippen LogP contribution >= 0.6 is 11.3 Å². The lowest BCUT2D eigenvalue weighted by molar-refractivity contribution is -0.124. The van der Waals surface area contributed by atoms with Crippen molar-refractivity contribution < 1.29 is 9.53 Å². The van der Waals surface area contributed by atoms with Crippen molar-refractivity contribution in [3.8, 4) is 5.88 Å². The minimum Gasteiger partial charge on any atom is -0.467 e. The molecule has 25 heavy (non-hydrogen) atoms. The van der Waals surface area contributed by atoms with E-state index in [1.807, 2.05) is 0 Å². The Bertz CT molecular complexity index is 750. The standard InChI is InChI=1S/C19H25N3O2S/c23-16(22-13-7-4-2-1-3-5-8-13)11-24-18-17-14-9-6-10-15(14)25-19(17)21-12-20-18/h12-13H,1-11H2,(H,22,23). The minimum absolute atomic E-state index is 0.0350. The molecule has 0 spiro atoms. The van der Waals surface area contributed by atoms with Crippen molar-refractivity contribution in [2.45, 2.75) is 70.3 Å². The van der Waals surface area contributed by atoms with E-state index in [0.717, 1.165) is 35.9 Å². The van der Waals surface area contributed by atoms with Crippen LogP contribution in [0.4, 0.5) is 0 Å². The number of fused-ring (bicyclic) bond motifs is 3. The summed E-state index contributed by atoms with van der Waals surface area (Å²) in [5.41, 5.74) is 1.33. The molecule has 0 radical (unpaired) electrons. The first-order valence-electron chi connectivity index (χ1n) is 9.48. The Hall–Kier alpha value is -1.69. The van der Waals surface area contributed by atoms with E-state index in [-0.39, 0.29) is 12.5 Å². The molecule has 1 fully saturated rings. The maximum atomic E-state index is 12.3. The zero-order chi connectivity index (χ0) is 17.1. The van der Waals surface area contributed by atoms with E-state index in [9.17, 15) is 4.79 Å². The van der Waals surface area contributed by atoms with Gasteiger partial charge in [0.2, 0.25) is 5.88 Å². The highest BCUT2D eigenvalue weighted by Crippen LogP contribution is 2.39. The smallest absolute Gasteiger partial charge is 0.258 e. The van der Waals surface area contributed by atoms with E-state index in [1.54, 1.807) is 11.3 Å². The molecule has 0 aliphatic heterocycles. The summed E-state index contributed by atoms with van der Waals surface area (Å²) < 4.78 is 5.81. The molecular formula is C19H25N3O2S. The average molecular weight is 359 g/mol. The van der Waals surface area contributed by atoms with Gasteiger partial charge in [0, 0.05) is 10.9 Å². The molecule has 0 atom stereocenters. The number of carbonyl (C=O) groups excluding carboxylic acids is 1. The number of rotatable bonds is 4. The van der Waals surface area contributed by atoms with Crippen LogP contribution in [0.2, 0.25) is 0 Å². The number of nitrogens with one attached hydrogen (secondary N) is 1. The summed E-state index contributed by atoms with van der Waals surface area (Å²) in [5, 5.41) is 4.17. The number of hydrogen-bond donors (Lipinski definition) is 1. The van der Waals surface area contributed by atoms with Gasteiger partial charge in [0.15, 0.2) is 6.61 Å². The van der Waals surface area contributed by atoms with E-state index in [0.29, 0.717) is 11.9 Å². The van der Waals surface area contributed by atoms with Crippen molar-refractivity contribution in [1.29, 1.82) is 0 Å². The second-order valence-corrected chi connectivity index (χ2v) is 8.20. The molecule has 6 heteroatoms. The second kappa shape index (κ2) is 7.68. The van der Waals surface area contributed by atoms with Crippen molar-refractivity contribution in [3.05, 3.63) is 16.8 Å². The molecule has 2 aromatic rings. The lowest BCUT2D eigenvalue weighted by Gasteiger charge is -2.21. The van der Waals surface area contributed by atoms with Crippen molar-refractivity contribution in [1.82, 2.24) is 15.3 Å². The van der Waals surface area contributed by atoms with E-state index in [2.05, 4.69) is 15.3 Å². The molecule has 0 unspecified atom stereocenters. The van der Waals surface area contributed by atoms with Crippen molar-refractivity contribution >= 4 is 27.5 Å². The van der Waals surface area contributed by atoms with Crippen LogP contribution in [0.1, 0.15) is 61.8 Å². The molecule has 5 nitrogen and oxygen atoms in total. The normalized spacial score (nSPS) is 18.6. The summed E-state index contributed by atoms with van der Waals surface area (Å²) in [7, 11) is 0. The first-order chi connectivity index (χ1) is 12.3. The van der Waals surface area contributed by atoms with Gasteiger partial charge in [0.1, 0.15) is 11.2 Å². The minimum atomic E-state index is -0.0378. The number of aromatic nitrogens is 2. The highest BCUT2D eigenvalue weighted by atomic mass is 32.1. The number of ether oxygens (including phenoxy) is 1. The Balaban J connectivity index is 1.39. The fourth-order valence-electron chi connectivity index (χ4n) is 4.01. The molecule has 2 aromatic heterocycles. The Morgan fingerprint density at radius 3 is 2.76 bits per heavy atom. The summed E-state index contributed by atoms with van der Waals surface area (Å²) in [6.07, 6.45) is 13.4. The third-order valence-corrected chi connectivity index (χ3v) is 6.48. The first-order valence-corrected chi connectivity index (χ1v) is 10.3. The molecule has 1 saturated carbocycles. The first kappa shape index (κ1) is 16.8. The van der Waals surface area contributed by atoms with Crippen LogP contribution in [0, 0.1) is 0 Å². The largest absolute Gasteiger partial charge is 0.467 e. The molecule has 0 saturated heterocycles. The summed E-state index contributed by atoms with van der Waals surface area (Å²) >= 11 is 1.74. The molecule has 1 N–H and O–H groups in total. The van der Waals surface area contributed by atoms with Gasteiger partial charge in [0.05, 0.1) is 5.39 Å². The Labute approximate surface area is 152 Å². The van der Waals surface area contributed by atoms with Crippen molar-refractivity contribution in [3.63, 3.8) is 0 Å². The van der Waals surface area contributed by atoms with Gasteiger partial charge in [-0.2, -0.15) is 0 Å². The number of thiophene rings is 1. The summed E-state index contributed by atoms with van der Waals surface area (Å²) in [5.74, 6) is 0.529. The maximum Gasteiger partial charge on any atom is 0.258 e. The van der Waals surface area contributed by atoms with E-state index in [1.165, 1.54) is 55.3 Å². The number of carbonyl (C=O) groups is 1. The third-order valence-electron chi connectivity index (χ3n) is 5.28. The predicted octanol–water partition coefficient (Wildman–Crippen LogP) is 3.79. The zero-order valence-corrected chi connectivity index (χ0v) is 15.4. The van der Waals surface area contributed by atoms with Gasteiger partial charge in [-0.15, -0.1) is 11.3 Å². The molecule has 0 bridgehead atoms. The fraction of sp³-hybridized carbons (Fsp3) is 0.632. The van der Waals surface area contributed by atoms with Crippen LogP contribution < -0.4 is 10.1 Å². The zero-order valence-electron chi connectivity index (χ0n) is 14.6. The topological polar surface area (TPSA) is 64.1 Å². The molecule has 134 valence electrons. The summed E-state index contributed by atoms with van der Waals surface area (Å²) in [4.78, 5) is 23.4. The van der Waals surface area contributed by atoms with E-state index in [4.69, 9.17) is 4.74 Å². The van der Waals surface area contributed by atoms with Crippen LogP contribution in [-0.4, -0.2) is 28.5 Å². The van der Waals surface area contributed by atoms with Gasteiger partial charge in [-0.1, -0.05) is 32.1 Å². The van der Waals surface area contributed by atoms with Crippen molar-refractivity contribution in [2.75, 3.05) is 6.61 Å². The van der Waals surface area contributed by atoms with Gasteiger partial charge in [0.25, 0.3) is 5.91 Å². The Morgan fingerprint density at radius 1 is 1.12 bits per heavy atom. The SMILES string of the molecule is O=C(COc1ncnc2sc3c(c12)CCC3)NC1CCCCCCC1. The number of nitrogens with zero attached hydrogens (tertiary/aromatic N) is 2. The quantitative estimate of drug-likeness (QED) is 0.902. The van der Waals surface area contributed by atoms with Gasteiger partial charge < -0.3 is 10.1 Å². The number of hydrogen-bond acceptors (Lipinski definition) is 5. The monoisotopic (exact) mass is 359 g/mol. The van der Waals surface area contributed by atoms with Gasteiger partial charge in [-0.05, 0) is 37.7 Å². The highest BCUT2D eigenvalue weighted by molar-refractivity contribution is 7.18. The summed E-state index contributed by atoms with van der Waals surface area (Å²) in [6.45, 7) is 0.0350. The molecule has 2 heterocycles. The molecule has 1 amide bonds. The third kappa shape index (κ3) is 3.78. The van der Waals surface area contributed by atoms with Gasteiger partial charge in [-0.3, -0.25) is 4.79 Å². The van der Waals surface area contributed by atoms with Crippen LogP contribution in [-0.2, 0) is 17.6 Å². The Kier molecular flexibility index (Phi) is 5.15. The lowest BCUT2D eigenvalue weighted by atomic mass is 9.97. The van der Waals surface area contributed by atoms with Crippen molar-refractivity contribution in [2.24, 2.45) is 0 Å². The average Bonchev–Trinajstić information content (AvgIpc) is 3.16. The highest BCUT2D eigenvalue weighted by Gasteiger charge is 2.22. The van der Waals surface area contributed by atoms with Crippen LogP contribution in [0.3, 0.4) is 0 Å². The van der Waals surface area contributed by atoms with Crippen LogP contribution in [0.5, 0.6) is 5.88 Å². The van der Waals surface area contributed by atoms with E-state index < -0.39 is 0 Å².